The fourth-order valence-corrected chi connectivity index (χ4v) is 4.45. The van der Waals surface area contributed by atoms with Crippen LogP contribution in [0.25, 0.3) is 0 Å². The summed E-state index contributed by atoms with van der Waals surface area (Å²) >= 11 is 0. The van der Waals surface area contributed by atoms with Gasteiger partial charge in [-0.25, -0.2) is 0 Å². The van der Waals surface area contributed by atoms with Crippen LogP contribution in [0.1, 0.15) is 99.3 Å². The Balaban J connectivity index is 2.44. The summed E-state index contributed by atoms with van der Waals surface area (Å²) in [5.74, 6) is 5.82. The molecule has 6 unspecified atom stereocenters. The van der Waals surface area contributed by atoms with Crippen LogP contribution in [0.2, 0.25) is 0 Å². The van der Waals surface area contributed by atoms with Crippen LogP contribution in [0.5, 0.6) is 0 Å². The van der Waals surface area contributed by atoms with Crippen molar-refractivity contribution in [2.45, 2.75) is 99.3 Å². The third-order valence-corrected chi connectivity index (χ3v) is 6.44. The minimum absolute atomic E-state index is 0.929. The van der Waals surface area contributed by atoms with Gasteiger partial charge in [-0.15, -0.1) is 0 Å². The van der Waals surface area contributed by atoms with E-state index in [0.717, 1.165) is 35.5 Å². The Labute approximate surface area is 135 Å². The zero-order chi connectivity index (χ0) is 15.8. The van der Waals surface area contributed by atoms with E-state index in [1.54, 1.807) is 0 Å². The van der Waals surface area contributed by atoms with Crippen molar-refractivity contribution >= 4 is 0 Å². The molecule has 1 fully saturated rings. The molecule has 0 aliphatic heterocycles. The van der Waals surface area contributed by atoms with Gasteiger partial charge in [0.2, 0.25) is 0 Å². The number of unbranched alkanes of at least 4 members (excludes halogenated alkanes) is 1. The topological polar surface area (TPSA) is 0 Å². The lowest BCUT2D eigenvalue weighted by Crippen LogP contribution is -2.30. The van der Waals surface area contributed by atoms with Crippen LogP contribution >= 0.6 is 0 Å². The first-order chi connectivity index (χ1) is 9.97. The van der Waals surface area contributed by atoms with Crippen LogP contribution in [-0.4, -0.2) is 0 Å². The van der Waals surface area contributed by atoms with Gasteiger partial charge in [-0.2, -0.15) is 0 Å². The Kier molecular flexibility index (Phi) is 8.98. The second-order valence-corrected chi connectivity index (χ2v) is 8.52. The molecular formula is C21H42. The van der Waals surface area contributed by atoms with E-state index in [-0.39, 0.29) is 0 Å². The maximum Gasteiger partial charge on any atom is -0.0383 e. The molecule has 0 heterocycles. The molecule has 0 N–H and O–H groups in total. The van der Waals surface area contributed by atoms with Crippen LogP contribution < -0.4 is 0 Å². The average molecular weight is 295 g/mol. The first-order valence-corrected chi connectivity index (χ1v) is 9.97. The molecule has 0 amide bonds. The predicted octanol–water partition coefficient (Wildman–Crippen LogP) is 7.33. The van der Waals surface area contributed by atoms with E-state index in [9.17, 15) is 0 Å². The molecule has 6 atom stereocenters. The van der Waals surface area contributed by atoms with Gasteiger partial charge < -0.3 is 0 Å². The first kappa shape index (κ1) is 19.0. The second kappa shape index (κ2) is 9.90. The summed E-state index contributed by atoms with van der Waals surface area (Å²) in [4.78, 5) is 0. The van der Waals surface area contributed by atoms with E-state index in [2.05, 4.69) is 41.5 Å². The van der Waals surface area contributed by atoms with Crippen LogP contribution in [0.3, 0.4) is 0 Å². The molecule has 0 radical (unpaired) electrons. The largest absolute Gasteiger partial charge is 0.0654 e. The summed E-state index contributed by atoms with van der Waals surface area (Å²) in [6.07, 6.45) is 13.0. The van der Waals surface area contributed by atoms with Crippen molar-refractivity contribution in [1.82, 2.24) is 0 Å². The monoisotopic (exact) mass is 294 g/mol. The number of rotatable bonds is 9. The lowest BCUT2D eigenvalue weighted by Gasteiger charge is -2.40. The summed E-state index contributed by atoms with van der Waals surface area (Å²) in [7, 11) is 0. The summed E-state index contributed by atoms with van der Waals surface area (Å²) in [5, 5.41) is 0. The lowest BCUT2D eigenvalue weighted by atomic mass is 9.65. The maximum absolute atomic E-state index is 2.53. The summed E-state index contributed by atoms with van der Waals surface area (Å²) in [6, 6.07) is 0. The quantitative estimate of drug-likeness (QED) is 0.417. The maximum atomic E-state index is 2.53. The van der Waals surface area contributed by atoms with Crippen molar-refractivity contribution in [3.63, 3.8) is 0 Å². The van der Waals surface area contributed by atoms with Crippen molar-refractivity contribution in [1.29, 1.82) is 0 Å². The van der Waals surface area contributed by atoms with E-state index in [1.165, 1.54) is 57.8 Å². The average Bonchev–Trinajstić information content (AvgIpc) is 2.46. The van der Waals surface area contributed by atoms with E-state index >= 15 is 0 Å². The normalized spacial score (nSPS) is 32.9. The SMILES string of the molecule is CCCCC(C)CC1CC(CCC(C)CC)C(C)CC1C. The summed E-state index contributed by atoms with van der Waals surface area (Å²) in [5.41, 5.74) is 0. The van der Waals surface area contributed by atoms with Crippen molar-refractivity contribution in [2.24, 2.45) is 35.5 Å². The molecule has 21 heavy (non-hydrogen) atoms. The molecule has 0 spiro atoms. The smallest absolute Gasteiger partial charge is 0.0383 e. The number of hydrogen-bond donors (Lipinski definition) is 0. The molecule has 0 aromatic carbocycles. The molecular weight excluding hydrogens is 252 g/mol. The Hall–Kier alpha value is 0. The first-order valence-electron chi connectivity index (χ1n) is 9.97. The second-order valence-electron chi connectivity index (χ2n) is 8.52. The predicted molar refractivity (Wildman–Crippen MR) is 96.5 cm³/mol. The zero-order valence-electron chi connectivity index (χ0n) is 15.8. The standard InChI is InChI=1S/C21H42/c1-7-9-10-17(4)13-21-15-20(12-11-16(3)8-2)18(5)14-19(21)6/h16-21H,7-15H2,1-6H3. The lowest BCUT2D eigenvalue weighted by molar-refractivity contribution is 0.103. The highest BCUT2D eigenvalue weighted by Gasteiger charge is 2.33. The number of hydrogen-bond acceptors (Lipinski definition) is 0. The fourth-order valence-electron chi connectivity index (χ4n) is 4.45. The van der Waals surface area contributed by atoms with Gasteiger partial charge >= 0.3 is 0 Å². The van der Waals surface area contributed by atoms with Crippen molar-refractivity contribution in [3.8, 4) is 0 Å². The Bertz CT molecular complexity index is 257. The molecule has 1 rings (SSSR count). The highest BCUT2D eigenvalue weighted by atomic mass is 14.4. The van der Waals surface area contributed by atoms with Gasteiger partial charge in [0.15, 0.2) is 0 Å². The van der Waals surface area contributed by atoms with E-state index < -0.39 is 0 Å². The van der Waals surface area contributed by atoms with Gasteiger partial charge in [-0.05, 0) is 61.2 Å². The summed E-state index contributed by atoms with van der Waals surface area (Å²) < 4.78 is 0. The molecule has 0 bridgehead atoms. The van der Waals surface area contributed by atoms with Crippen molar-refractivity contribution in [2.75, 3.05) is 0 Å². The van der Waals surface area contributed by atoms with Crippen LogP contribution in [0.4, 0.5) is 0 Å². The van der Waals surface area contributed by atoms with Gasteiger partial charge in [0.1, 0.15) is 0 Å². The highest BCUT2D eigenvalue weighted by Crippen LogP contribution is 2.43. The molecule has 0 aromatic heterocycles. The third kappa shape index (κ3) is 6.74. The van der Waals surface area contributed by atoms with Gasteiger partial charge in [0.05, 0.1) is 0 Å². The molecule has 1 aliphatic rings. The molecule has 1 aliphatic carbocycles. The van der Waals surface area contributed by atoms with Gasteiger partial charge in [0.25, 0.3) is 0 Å². The molecule has 0 nitrogen and oxygen atoms in total. The third-order valence-electron chi connectivity index (χ3n) is 6.44. The van der Waals surface area contributed by atoms with E-state index in [1.807, 2.05) is 0 Å². The van der Waals surface area contributed by atoms with E-state index in [4.69, 9.17) is 0 Å². The van der Waals surface area contributed by atoms with Crippen molar-refractivity contribution in [3.05, 3.63) is 0 Å². The van der Waals surface area contributed by atoms with Crippen LogP contribution in [0.15, 0.2) is 0 Å². The van der Waals surface area contributed by atoms with Gasteiger partial charge in [-0.1, -0.05) is 73.6 Å². The van der Waals surface area contributed by atoms with Crippen LogP contribution in [-0.2, 0) is 0 Å². The van der Waals surface area contributed by atoms with E-state index in [0.29, 0.717) is 0 Å². The Morgan fingerprint density at radius 3 is 2.14 bits per heavy atom. The van der Waals surface area contributed by atoms with Crippen molar-refractivity contribution < 1.29 is 0 Å². The molecule has 0 saturated heterocycles. The van der Waals surface area contributed by atoms with Crippen LogP contribution in [0, 0.1) is 35.5 Å². The molecule has 0 heteroatoms. The summed E-state index contributed by atoms with van der Waals surface area (Å²) in [6.45, 7) is 14.6. The molecule has 0 aromatic rings. The molecule has 1 saturated carbocycles. The molecule has 126 valence electrons. The van der Waals surface area contributed by atoms with Gasteiger partial charge in [0, 0.05) is 0 Å². The fraction of sp³-hybridized carbons (Fsp3) is 1.00. The zero-order valence-corrected chi connectivity index (χ0v) is 15.8. The minimum Gasteiger partial charge on any atom is -0.0654 e. The van der Waals surface area contributed by atoms with Gasteiger partial charge in [-0.3, -0.25) is 0 Å². The minimum atomic E-state index is 0.929. The highest BCUT2D eigenvalue weighted by molar-refractivity contribution is 4.83. The Morgan fingerprint density at radius 2 is 1.52 bits per heavy atom. The Morgan fingerprint density at radius 1 is 0.857 bits per heavy atom.